The van der Waals surface area contributed by atoms with E-state index in [1.807, 2.05) is 6.92 Å². The maximum Gasteiger partial charge on any atom is 0.273 e. The molecule has 2 heterocycles. The van der Waals surface area contributed by atoms with E-state index >= 15 is 0 Å². The summed E-state index contributed by atoms with van der Waals surface area (Å²) in [6.45, 7) is 7.59. The van der Waals surface area contributed by atoms with E-state index in [0.717, 1.165) is 39.3 Å². The van der Waals surface area contributed by atoms with Gasteiger partial charge in [-0.15, -0.1) is 0 Å². The van der Waals surface area contributed by atoms with E-state index in [0.29, 0.717) is 24.0 Å². The van der Waals surface area contributed by atoms with Gasteiger partial charge in [0.2, 0.25) is 5.89 Å². The SMILES string of the molecule is CC(O)CN1CCN(Cc2nc(C(=O)NCC3CC3)co2)CC1. The van der Waals surface area contributed by atoms with Crippen molar-refractivity contribution in [2.75, 3.05) is 39.3 Å². The van der Waals surface area contributed by atoms with Crippen LogP contribution in [0.3, 0.4) is 0 Å². The first-order valence-corrected chi connectivity index (χ1v) is 8.45. The van der Waals surface area contributed by atoms with Crippen molar-refractivity contribution in [3.8, 4) is 0 Å². The molecule has 0 spiro atoms. The van der Waals surface area contributed by atoms with Gasteiger partial charge in [-0.1, -0.05) is 0 Å². The zero-order valence-electron chi connectivity index (χ0n) is 13.7. The van der Waals surface area contributed by atoms with Crippen LogP contribution in [0.1, 0.15) is 36.1 Å². The molecule has 1 saturated carbocycles. The molecule has 1 aromatic heterocycles. The number of oxazole rings is 1. The monoisotopic (exact) mass is 322 g/mol. The van der Waals surface area contributed by atoms with E-state index < -0.39 is 0 Å². The van der Waals surface area contributed by atoms with Crippen molar-refractivity contribution in [1.29, 1.82) is 0 Å². The van der Waals surface area contributed by atoms with Gasteiger partial charge < -0.3 is 14.8 Å². The number of hydrogen-bond acceptors (Lipinski definition) is 6. The van der Waals surface area contributed by atoms with Crippen LogP contribution < -0.4 is 5.32 Å². The van der Waals surface area contributed by atoms with Crippen molar-refractivity contribution < 1.29 is 14.3 Å². The van der Waals surface area contributed by atoms with Crippen molar-refractivity contribution in [3.63, 3.8) is 0 Å². The third kappa shape index (κ3) is 5.02. The van der Waals surface area contributed by atoms with Crippen molar-refractivity contribution in [1.82, 2.24) is 20.1 Å². The molecule has 1 aliphatic carbocycles. The molecule has 1 aliphatic heterocycles. The Bertz CT molecular complexity index is 519. The molecule has 0 radical (unpaired) electrons. The van der Waals surface area contributed by atoms with Crippen molar-refractivity contribution in [3.05, 3.63) is 17.8 Å². The fraction of sp³-hybridized carbons (Fsp3) is 0.750. The molecule has 0 bridgehead atoms. The predicted octanol–water partition coefficient (Wildman–Crippen LogP) is 0.313. The summed E-state index contributed by atoms with van der Waals surface area (Å²) < 4.78 is 5.44. The fourth-order valence-corrected chi connectivity index (χ4v) is 2.83. The first-order chi connectivity index (χ1) is 11.1. The summed E-state index contributed by atoms with van der Waals surface area (Å²) in [5.74, 6) is 1.10. The van der Waals surface area contributed by atoms with Crippen LogP contribution >= 0.6 is 0 Å². The number of nitrogens with one attached hydrogen (secondary N) is 1. The molecule has 7 nitrogen and oxygen atoms in total. The molecule has 0 aromatic carbocycles. The largest absolute Gasteiger partial charge is 0.447 e. The molecular formula is C16H26N4O3. The molecule has 1 aromatic rings. The first-order valence-electron chi connectivity index (χ1n) is 8.45. The summed E-state index contributed by atoms with van der Waals surface area (Å²) in [4.78, 5) is 20.8. The van der Waals surface area contributed by atoms with Crippen LogP contribution in [0.2, 0.25) is 0 Å². The summed E-state index contributed by atoms with van der Waals surface area (Å²) in [7, 11) is 0. The number of piperazine rings is 1. The Morgan fingerprint density at radius 3 is 2.74 bits per heavy atom. The van der Waals surface area contributed by atoms with Gasteiger partial charge in [-0.3, -0.25) is 14.6 Å². The molecule has 2 fully saturated rings. The quantitative estimate of drug-likeness (QED) is 0.752. The summed E-state index contributed by atoms with van der Waals surface area (Å²) in [5, 5.41) is 12.3. The Labute approximate surface area is 136 Å². The number of β-amino-alcohol motifs (C(OH)–C–C–N with tert-alkyl or cyclic N) is 1. The van der Waals surface area contributed by atoms with Crippen molar-refractivity contribution in [2.45, 2.75) is 32.4 Å². The third-order valence-corrected chi connectivity index (χ3v) is 4.38. The fourth-order valence-electron chi connectivity index (χ4n) is 2.83. The second kappa shape index (κ2) is 7.42. The molecular weight excluding hydrogens is 296 g/mol. The van der Waals surface area contributed by atoms with Gasteiger partial charge in [-0.25, -0.2) is 4.98 Å². The van der Waals surface area contributed by atoms with E-state index in [1.165, 1.54) is 19.1 Å². The van der Waals surface area contributed by atoms with Gasteiger partial charge >= 0.3 is 0 Å². The number of aliphatic hydroxyl groups excluding tert-OH is 1. The van der Waals surface area contributed by atoms with Crippen LogP contribution in [0.5, 0.6) is 0 Å². The maximum atomic E-state index is 12.0. The summed E-state index contributed by atoms with van der Waals surface area (Å²) in [6, 6.07) is 0. The van der Waals surface area contributed by atoms with E-state index in [9.17, 15) is 9.90 Å². The Balaban J connectivity index is 1.43. The second-order valence-electron chi connectivity index (χ2n) is 6.71. The molecule has 128 valence electrons. The number of hydrogen-bond donors (Lipinski definition) is 2. The highest BCUT2D eigenvalue weighted by Gasteiger charge is 2.23. The Hall–Kier alpha value is -1.44. The van der Waals surface area contributed by atoms with Gasteiger partial charge in [0.05, 0.1) is 12.6 Å². The van der Waals surface area contributed by atoms with Crippen LogP contribution in [-0.4, -0.2) is 71.2 Å². The molecule has 7 heteroatoms. The maximum absolute atomic E-state index is 12.0. The number of carbonyl (C=O) groups is 1. The highest BCUT2D eigenvalue weighted by molar-refractivity contribution is 5.91. The molecule has 2 aliphatic rings. The van der Waals surface area contributed by atoms with E-state index in [4.69, 9.17) is 4.42 Å². The lowest BCUT2D eigenvalue weighted by atomic mass is 10.3. The summed E-state index contributed by atoms with van der Waals surface area (Å²) >= 11 is 0. The van der Waals surface area contributed by atoms with Crippen LogP contribution in [0.4, 0.5) is 0 Å². The minimum Gasteiger partial charge on any atom is -0.447 e. The van der Waals surface area contributed by atoms with Gasteiger partial charge in [0.15, 0.2) is 5.69 Å². The molecule has 1 atom stereocenters. The van der Waals surface area contributed by atoms with Gasteiger partial charge in [-0.2, -0.15) is 0 Å². The van der Waals surface area contributed by atoms with Gasteiger partial charge in [0, 0.05) is 39.3 Å². The Kier molecular flexibility index (Phi) is 5.30. The molecule has 1 amide bonds. The number of aliphatic hydroxyl groups is 1. The smallest absolute Gasteiger partial charge is 0.273 e. The van der Waals surface area contributed by atoms with Crippen molar-refractivity contribution in [2.24, 2.45) is 5.92 Å². The van der Waals surface area contributed by atoms with Crippen LogP contribution in [0.25, 0.3) is 0 Å². The van der Waals surface area contributed by atoms with Crippen LogP contribution in [0, 0.1) is 5.92 Å². The summed E-state index contributed by atoms with van der Waals surface area (Å²) in [5.41, 5.74) is 0.369. The lowest BCUT2D eigenvalue weighted by Crippen LogP contribution is -2.47. The molecule has 2 N–H and O–H groups in total. The van der Waals surface area contributed by atoms with E-state index in [2.05, 4.69) is 20.1 Å². The average Bonchev–Trinajstić information content (AvgIpc) is 3.24. The normalized spacial score (nSPS) is 21.3. The molecule has 1 unspecified atom stereocenters. The lowest BCUT2D eigenvalue weighted by molar-refractivity contribution is 0.0747. The van der Waals surface area contributed by atoms with E-state index in [1.54, 1.807) is 0 Å². The standard InChI is InChI=1S/C16H26N4O3/c1-12(21)9-19-4-6-20(7-5-19)10-15-18-14(11-23-15)16(22)17-8-13-2-3-13/h11-13,21H,2-10H2,1H3,(H,17,22). The topological polar surface area (TPSA) is 81.8 Å². The van der Waals surface area contributed by atoms with Crippen LogP contribution in [0.15, 0.2) is 10.7 Å². The lowest BCUT2D eigenvalue weighted by Gasteiger charge is -2.34. The highest BCUT2D eigenvalue weighted by atomic mass is 16.3. The second-order valence-corrected chi connectivity index (χ2v) is 6.71. The minimum atomic E-state index is -0.287. The molecule has 3 rings (SSSR count). The average molecular weight is 322 g/mol. The number of nitrogens with zero attached hydrogens (tertiary/aromatic N) is 3. The molecule has 1 saturated heterocycles. The zero-order chi connectivity index (χ0) is 16.2. The highest BCUT2D eigenvalue weighted by Crippen LogP contribution is 2.27. The van der Waals surface area contributed by atoms with Crippen molar-refractivity contribution >= 4 is 5.91 Å². The molecule has 23 heavy (non-hydrogen) atoms. The third-order valence-electron chi connectivity index (χ3n) is 4.38. The minimum absolute atomic E-state index is 0.145. The van der Waals surface area contributed by atoms with Crippen LogP contribution in [-0.2, 0) is 6.54 Å². The first kappa shape index (κ1) is 16.4. The number of carbonyl (C=O) groups excluding carboxylic acids is 1. The van der Waals surface area contributed by atoms with E-state index in [-0.39, 0.29) is 12.0 Å². The number of amides is 1. The van der Waals surface area contributed by atoms with Gasteiger partial charge in [0.25, 0.3) is 5.91 Å². The summed E-state index contributed by atoms with van der Waals surface area (Å²) in [6.07, 6.45) is 3.59. The predicted molar refractivity (Wildman–Crippen MR) is 85.0 cm³/mol. The van der Waals surface area contributed by atoms with Gasteiger partial charge in [0.1, 0.15) is 6.26 Å². The zero-order valence-corrected chi connectivity index (χ0v) is 13.7. The number of rotatable bonds is 7. The Morgan fingerprint density at radius 2 is 2.09 bits per heavy atom. The number of aromatic nitrogens is 1. The van der Waals surface area contributed by atoms with Gasteiger partial charge in [-0.05, 0) is 25.7 Å². The Morgan fingerprint density at radius 1 is 1.39 bits per heavy atom.